The highest BCUT2D eigenvalue weighted by Crippen LogP contribution is 2.09. The second-order valence-corrected chi connectivity index (χ2v) is 9.29. The molecular formula is C25H52N6O5. The summed E-state index contributed by atoms with van der Waals surface area (Å²) >= 11 is 0. The molecule has 0 saturated carbocycles. The first kappa shape index (κ1) is 34.2. The summed E-state index contributed by atoms with van der Waals surface area (Å²) in [6.07, 6.45) is 7.94. The van der Waals surface area contributed by atoms with Gasteiger partial charge in [-0.2, -0.15) is 0 Å². The zero-order valence-electron chi connectivity index (χ0n) is 22.3. The standard InChI is InChI=1S/C25H52N6O5/c1-36-19-20(18-32)10-5-9-17-29-24(34)21(11-2-6-14-26)31-25(35)22(12-3-7-15-27)30-23(33)13-4-8-16-28/h20-22,32H,2-19,26-28H2,1H3,(H,29,34)(H,30,33)(H,31,35)/t20?,21-,22+/m0/s1. The number of nitrogens with two attached hydrogens (primary N) is 3. The van der Waals surface area contributed by atoms with E-state index in [-0.39, 0.29) is 30.2 Å². The fraction of sp³-hybridized carbons (Fsp3) is 0.880. The Bertz CT molecular complexity index is 581. The maximum absolute atomic E-state index is 13.1. The van der Waals surface area contributed by atoms with Crippen molar-refractivity contribution in [2.45, 2.75) is 89.1 Å². The minimum atomic E-state index is -0.720. The smallest absolute Gasteiger partial charge is 0.243 e. The van der Waals surface area contributed by atoms with Crippen molar-refractivity contribution in [2.75, 3.05) is 46.5 Å². The number of carbonyl (C=O) groups excluding carboxylic acids is 3. The molecule has 10 N–H and O–H groups in total. The number of methoxy groups -OCH3 is 1. The van der Waals surface area contributed by atoms with Crippen LogP contribution in [0.2, 0.25) is 0 Å². The third kappa shape index (κ3) is 17.6. The Morgan fingerprint density at radius 2 is 1.31 bits per heavy atom. The van der Waals surface area contributed by atoms with Crippen LogP contribution in [0.25, 0.3) is 0 Å². The molecule has 11 heteroatoms. The molecule has 0 saturated heterocycles. The molecule has 0 spiro atoms. The first-order valence-electron chi connectivity index (χ1n) is 13.5. The van der Waals surface area contributed by atoms with E-state index < -0.39 is 12.1 Å². The third-order valence-corrected chi connectivity index (χ3v) is 6.04. The van der Waals surface area contributed by atoms with Crippen molar-refractivity contribution < 1.29 is 24.2 Å². The van der Waals surface area contributed by atoms with Gasteiger partial charge in [-0.05, 0) is 83.8 Å². The second-order valence-electron chi connectivity index (χ2n) is 9.29. The quantitative estimate of drug-likeness (QED) is 0.0862. The molecule has 1 unspecified atom stereocenters. The van der Waals surface area contributed by atoms with E-state index in [0.29, 0.717) is 71.3 Å². The molecule has 0 aliphatic rings. The lowest BCUT2D eigenvalue weighted by Crippen LogP contribution is -2.53. The molecule has 36 heavy (non-hydrogen) atoms. The van der Waals surface area contributed by atoms with E-state index in [1.165, 1.54) is 0 Å². The van der Waals surface area contributed by atoms with Crippen molar-refractivity contribution >= 4 is 17.7 Å². The number of ether oxygens (including phenoxy) is 1. The predicted octanol–water partition coefficient (Wildman–Crippen LogP) is -0.116. The summed E-state index contributed by atoms with van der Waals surface area (Å²) in [6, 6.07) is -1.42. The molecule has 0 bridgehead atoms. The van der Waals surface area contributed by atoms with E-state index in [0.717, 1.165) is 38.5 Å². The molecule has 0 heterocycles. The Morgan fingerprint density at radius 3 is 1.86 bits per heavy atom. The van der Waals surface area contributed by atoms with Crippen LogP contribution in [0.3, 0.4) is 0 Å². The Morgan fingerprint density at radius 1 is 0.750 bits per heavy atom. The first-order valence-corrected chi connectivity index (χ1v) is 13.5. The van der Waals surface area contributed by atoms with Crippen molar-refractivity contribution in [2.24, 2.45) is 23.1 Å². The van der Waals surface area contributed by atoms with Crippen molar-refractivity contribution in [3.05, 3.63) is 0 Å². The monoisotopic (exact) mass is 516 g/mol. The highest BCUT2D eigenvalue weighted by Gasteiger charge is 2.26. The van der Waals surface area contributed by atoms with Crippen molar-refractivity contribution in [3.8, 4) is 0 Å². The summed E-state index contributed by atoms with van der Waals surface area (Å²) in [5, 5.41) is 17.9. The highest BCUT2D eigenvalue weighted by atomic mass is 16.5. The molecule has 212 valence electrons. The number of rotatable bonds is 24. The summed E-state index contributed by atoms with van der Waals surface area (Å²) in [7, 11) is 1.61. The molecule has 11 nitrogen and oxygen atoms in total. The number of nitrogens with one attached hydrogen (secondary N) is 3. The van der Waals surface area contributed by atoms with Crippen molar-refractivity contribution in [1.82, 2.24) is 16.0 Å². The molecular weight excluding hydrogens is 464 g/mol. The van der Waals surface area contributed by atoms with E-state index in [2.05, 4.69) is 16.0 Å². The largest absolute Gasteiger partial charge is 0.396 e. The number of unbranched alkanes of at least 4 members (excludes halogenated alkanes) is 4. The van der Waals surface area contributed by atoms with Gasteiger partial charge in [0.2, 0.25) is 17.7 Å². The second kappa shape index (κ2) is 23.6. The fourth-order valence-corrected chi connectivity index (χ4v) is 3.85. The van der Waals surface area contributed by atoms with Crippen LogP contribution in [0.5, 0.6) is 0 Å². The summed E-state index contributed by atoms with van der Waals surface area (Å²) < 4.78 is 5.09. The highest BCUT2D eigenvalue weighted by molar-refractivity contribution is 5.92. The topological polar surface area (TPSA) is 195 Å². The lowest BCUT2D eigenvalue weighted by Gasteiger charge is -2.23. The van der Waals surface area contributed by atoms with Gasteiger partial charge in [0.15, 0.2) is 0 Å². The van der Waals surface area contributed by atoms with E-state index in [1.807, 2.05) is 0 Å². The maximum Gasteiger partial charge on any atom is 0.243 e. The summed E-state index contributed by atoms with van der Waals surface area (Å²) in [5.74, 6) is -0.714. The Labute approximate surface area is 217 Å². The van der Waals surface area contributed by atoms with Crippen LogP contribution in [0.15, 0.2) is 0 Å². The number of amides is 3. The van der Waals surface area contributed by atoms with Crippen LogP contribution in [0.4, 0.5) is 0 Å². The minimum Gasteiger partial charge on any atom is -0.396 e. The summed E-state index contributed by atoms with van der Waals surface area (Å²) in [4.78, 5) is 38.3. The maximum atomic E-state index is 13.1. The van der Waals surface area contributed by atoms with E-state index in [1.54, 1.807) is 7.11 Å². The van der Waals surface area contributed by atoms with Gasteiger partial charge in [0.05, 0.1) is 6.61 Å². The van der Waals surface area contributed by atoms with Crippen molar-refractivity contribution in [3.63, 3.8) is 0 Å². The molecule has 3 amide bonds. The number of aliphatic hydroxyl groups is 1. The Hall–Kier alpha value is -1.79. The molecule has 0 aromatic rings. The molecule has 0 radical (unpaired) electrons. The normalized spacial score (nSPS) is 13.6. The zero-order valence-corrected chi connectivity index (χ0v) is 22.3. The lowest BCUT2D eigenvalue weighted by atomic mass is 10.0. The molecule has 0 aliphatic carbocycles. The summed E-state index contributed by atoms with van der Waals surface area (Å²) in [5.41, 5.74) is 16.7. The van der Waals surface area contributed by atoms with Crippen molar-refractivity contribution in [1.29, 1.82) is 0 Å². The van der Waals surface area contributed by atoms with Gasteiger partial charge in [-0.25, -0.2) is 0 Å². The van der Waals surface area contributed by atoms with Gasteiger partial charge in [-0.1, -0.05) is 6.42 Å². The van der Waals surface area contributed by atoms with Gasteiger partial charge in [0.1, 0.15) is 12.1 Å². The number of hydrogen-bond acceptors (Lipinski definition) is 8. The van der Waals surface area contributed by atoms with Gasteiger partial charge >= 0.3 is 0 Å². The SMILES string of the molecule is COCC(CO)CCCCNC(=O)[C@H](CCCCN)NC(=O)[C@@H](CCCCN)NC(=O)CCCCN. The minimum absolute atomic E-state index is 0.0749. The van der Waals surface area contributed by atoms with Gasteiger partial charge < -0.3 is 43.0 Å². The molecule has 0 aliphatic heterocycles. The van der Waals surface area contributed by atoms with Gasteiger partial charge in [-0.15, -0.1) is 0 Å². The van der Waals surface area contributed by atoms with Crippen LogP contribution >= 0.6 is 0 Å². The lowest BCUT2D eigenvalue weighted by molar-refractivity contribution is -0.132. The molecule has 0 fully saturated rings. The molecule has 0 rings (SSSR count). The van der Waals surface area contributed by atoms with Crippen LogP contribution < -0.4 is 33.2 Å². The van der Waals surface area contributed by atoms with E-state index in [9.17, 15) is 19.5 Å². The summed E-state index contributed by atoms with van der Waals surface area (Å²) in [6.45, 7) is 2.59. The van der Waals surface area contributed by atoms with Crippen LogP contribution in [-0.2, 0) is 19.1 Å². The zero-order chi connectivity index (χ0) is 27.0. The molecule has 3 atom stereocenters. The third-order valence-electron chi connectivity index (χ3n) is 6.04. The van der Waals surface area contributed by atoms with Gasteiger partial charge in [0, 0.05) is 32.6 Å². The molecule has 0 aromatic carbocycles. The number of hydrogen-bond donors (Lipinski definition) is 7. The molecule has 0 aromatic heterocycles. The first-order chi connectivity index (χ1) is 17.4. The average Bonchev–Trinajstić information content (AvgIpc) is 2.86. The fourth-order valence-electron chi connectivity index (χ4n) is 3.85. The Balaban J connectivity index is 4.93. The van der Waals surface area contributed by atoms with Crippen LogP contribution in [0, 0.1) is 5.92 Å². The van der Waals surface area contributed by atoms with E-state index in [4.69, 9.17) is 21.9 Å². The van der Waals surface area contributed by atoms with Gasteiger partial charge in [0.25, 0.3) is 0 Å². The predicted molar refractivity (Wildman–Crippen MR) is 142 cm³/mol. The van der Waals surface area contributed by atoms with Crippen LogP contribution in [-0.4, -0.2) is 81.4 Å². The Kier molecular flexibility index (Phi) is 22.4. The number of carbonyl (C=O) groups is 3. The number of aliphatic hydroxyl groups excluding tert-OH is 1. The van der Waals surface area contributed by atoms with Gasteiger partial charge in [-0.3, -0.25) is 14.4 Å². The average molecular weight is 517 g/mol. The van der Waals surface area contributed by atoms with Crippen LogP contribution in [0.1, 0.15) is 77.0 Å². The van der Waals surface area contributed by atoms with E-state index >= 15 is 0 Å².